The highest BCUT2D eigenvalue weighted by Crippen LogP contribution is 2.12. The van der Waals surface area contributed by atoms with Crippen molar-refractivity contribution in [1.82, 2.24) is 5.32 Å². The van der Waals surface area contributed by atoms with E-state index >= 15 is 0 Å². The van der Waals surface area contributed by atoms with Crippen LogP contribution in [0.25, 0.3) is 0 Å². The fourth-order valence-electron chi connectivity index (χ4n) is 1.66. The third-order valence-electron chi connectivity index (χ3n) is 2.75. The van der Waals surface area contributed by atoms with Crippen LogP contribution >= 0.6 is 0 Å². The van der Waals surface area contributed by atoms with Gasteiger partial charge in [-0.15, -0.1) is 0 Å². The predicted octanol–water partition coefficient (Wildman–Crippen LogP) is 2.43. The smallest absolute Gasteiger partial charge is 0.0914 e. The number of rotatable bonds is 8. The molecule has 1 aromatic carbocycles. The molecule has 0 saturated heterocycles. The summed E-state index contributed by atoms with van der Waals surface area (Å²) in [7, 11) is 0. The van der Waals surface area contributed by atoms with Gasteiger partial charge in [-0.2, -0.15) is 0 Å². The molecular weight excluding hydrogens is 226 g/mol. The van der Waals surface area contributed by atoms with Crippen LogP contribution in [0.1, 0.15) is 37.5 Å². The first kappa shape index (κ1) is 15.2. The Morgan fingerprint density at radius 2 is 1.89 bits per heavy atom. The second-order valence-corrected chi connectivity index (χ2v) is 4.90. The van der Waals surface area contributed by atoms with E-state index in [2.05, 4.69) is 5.32 Å². The summed E-state index contributed by atoms with van der Waals surface area (Å²) in [5.41, 5.74) is 2.18. The molecule has 1 unspecified atom stereocenters. The highest BCUT2D eigenvalue weighted by molar-refractivity contribution is 5.23. The number of aryl methyl sites for hydroxylation is 1. The molecule has 0 fully saturated rings. The third-order valence-corrected chi connectivity index (χ3v) is 2.75. The van der Waals surface area contributed by atoms with Gasteiger partial charge in [0, 0.05) is 13.2 Å². The van der Waals surface area contributed by atoms with Gasteiger partial charge in [0.2, 0.25) is 0 Å². The molecule has 0 radical (unpaired) electrons. The van der Waals surface area contributed by atoms with Gasteiger partial charge in [-0.3, -0.25) is 0 Å². The molecule has 0 bridgehead atoms. The van der Waals surface area contributed by atoms with E-state index in [4.69, 9.17) is 4.74 Å². The zero-order valence-electron chi connectivity index (χ0n) is 11.6. The Bertz CT molecular complexity index is 322. The van der Waals surface area contributed by atoms with E-state index < -0.39 is 6.10 Å². The van der Waals surface area contributed by atoms with Crippen LogP contribution in [0.4, 0.5) is 0 Å². The Morgan fingerprint density at radius 3 is 2.50 bits per heavy atom. The Labute approximate surface area is 110 Å². The maximum atomic E-state index is 9.96. The van der Waals surface area contributed by atoms with E-state index in [1.165, 1.54) is 5.56 Å². The van der Waals surface area contributed by atoms with Crippen molar-refractivity contribution < 1.29 is 9.84 Å². The summed E-state index contributed by atoms with van der Waals surface area (Å²) in [6.07, 6.45) is 0.832. The van der Waals surface area contributed by atoms with E-state index in [0.29, 0.717) is 12.6 Å². The van der Waals surface area contributed by atoms with E-state index in [1.54, 1.807) is 0 Å². The molecule has 3 heteroatoms. The highest BCUT2D eigenvalue weighted by Gasteiger charge is 2.05. The van der Waals surface area contributed by atoms with Gasteiger partial charge < -0.3 is 15.2 Å². The molecule has 0 aromatic heterocycles. The van der Waals surface area contributed by atoms with Crippen molar-refractivity contribution in [2.45, 2.75) is 39.4 Å². The van der Waals surface area contributed by atoms with Gasteiger partial charge in [-0.05, 0) is 39.3 Å². The summed E-state index contributed by atoms with van der Waals surface area (Å²) in [6.45, 7) is 8.35. The van der Waals surface area contributed by atoms with Crippen molar-refractivity contribution in [1.29, 1.82) is 0 Å². The third kappa shape index (κ3) is 6.15. The van der Waals surface area contributed by atoms with E-state index in [9.17, 15) is 5.11 Å². The Hall–Kier alpha value is -0.900. The zero-order valence-corrected chi connectivity index (χ0v) is 11.6. The molecule has 0 spiro atoms. The number of aliphatic hydroxyl groups is 1. The maximum Gasteiger partial charge on any atom is 0.0914 e. The molecule has 18 heavy (non-hydrogen) atoms. The molecule has 1 rings (SSSR count). The summed E-state index contributed by atoms with van der Waals surface area (Å²) >= 11 is 0. The lowest BCUT2D eigenvalue weighted by Gasteiger charge is -2.13. The van der Waals surface area contributed by atoms with Crippen LogP contribution in [0.3, 0.4) is 0 Å². The molecule has 102 valence electrons. The minimum Gasteiger partial charge on any atom is -0.387 e. The van der Waals surface area contributed by atoms with Gasteiger partial charge in [0.15, 0.2) is 0 Å². The van der Waals surface area contributed by atoms with Crippen molar-refractivity contribution >= 4 is 0 Å². The van der Waals surface area contributed by atoms with Gasteiger partial charge in [0.25, 0.3) is 0 Å². The lowest BCUT2D eigenvalue weighted by atomic mass is 10.1. The lowest BCUT2D eigenvalue weighted by molar-refractivity contribution is 0.0763. The molecule has 0 saturated carbocycles. The molecule has 0 aliphatic rings. The first-order valence-corrected chi connectivity index (χ1v) is 6.66. The predicted molar refractivity (Wildman–Crippen MR) is 74.7 cm³/mol. The number of nitrogens with one attached hydrogen (secondary N) is 1. The molecule has 1 aromatic rings. The molecule has 3 nitrogen and oxygen atoms in total. The van der Waals surface area contributed by atoms with E-state index in [1.807, 2.05) is 45.0 Å². The van der Waals surface area contributed by atoms with Crippen LogP contribution in [0, 0.1) is 6.92 Å². The second-order valence-electron chi connectivity index (χ2n) is 4.90. The summed E-state index contributed by atoms with van der Waals surface area (Å²) in [6, 6.07) is 8.00. The average molecular weight is 251 g/mol. The van der Waals surface area contributed by atoms with Crippen LogP contribution < -0.4 is 5.32 Å². The molecule has 2 N–H and O–H groups in total. The average Bonchev–Trinajstić information content (AvgIpc) is 2.34. The maximum absolute atomic E-state index is 9.96. The Morgan fingerprint density at radius 1 is 1.22 bits per heavy atom. The zero-order chi connectivity index (χ0) is 13.4. The standard InChI is InChI=1S/C15H25NO2/c1-12(2)18-10-4-9-16-11-15(17)14-7-5-13(3)6-8-14/h5-8,12,15-17H,4,9-11H2,1-3H3. The van der Waals surface area contributed by atoms with Crippen molar-refractivity contribution in [2.75, 3.05) is 19.7 Å². The monoisotopic (exact) mass is 251 g/mol. The summed E-state index contributed by atoms with van der Waals surface area (Å²) in [4.78, 5) is 0. The van der Waals surface area contributed by atoms with Gasteiger partial charge in [-0.1, -0.05) is 29.8 Å². The topological polar surface area (TPSA) is 41.5 Å². The van der Waals surface area contributed by atoms with Crippen LogP contribution in [-0.2, 0) is 4.74 Å². The molecule has 0 amide bonds. The van der Waals surface area contributed by atoms with Crippen LogP contribution in [0.2, 0.25) is 0 Å². The summed E-state index contributed by atoms with van der Waals surface area (Å²) < 4.78 is 5.44. The highest BCUT2D eigenvalue weighted by atomic mass is 16.5. The SMILES string of the molecule is Cc1ccc(C(O)CNCCCOC(C)C)cc1. The van der Waals surface area contributed by atoms with E-state index in [-0.39, 0.29) is 0 Å². The fourth-order valence-corrected chi connectivity index (χ4v) is 1.66. The quantitative estimate of drug-likeness (QED) is 0.697. The van der Waals surface area contributed by atoms with Crippen LogP contribution in [0.5, 0.6) is 0 Å². The Balaban J connectivity index is 2.13. The molecule has 1 atom stereocenters. The second kappa shape index (κ2) is 8.25. The van der Waals surface area contributed by atoms with Crippen molar-refractivity contribution in [3.63, 3.8) is 0 Å². The number of hydrogen-bond acceptors (Lipinski definition) is 3. The van der Waals surface area contributed by atoms with Crippen LogP contribution in [-0.4, -0.2) is 30.9 Å². The summed E-state index contributed by atoms with van der Waals surface area (Å²) in [5, 5.41) is 13.2. The molecule has 0 aliphatic carbocycles. The van der Waals surface area contributed by atoms with Crippen molar-refractivity contribution in [3.05, 3.63) is 35.4 Å². The Kier molecular flexibility index (Phi) is 6.94. The number of benzene rings is 1. The summed E-state index contributed by atoms with van der Waals surface area (Å²) in [5.74, 6) is 0. The first-order chi connectivity index (χ1) is 8.59. The molecule has 0 aliphatic heterocycles. The normalized spacial score (nSPS) is 12.9. The minimum absolute atomic E-state index is 0.295. The van der Waals surface area contributed by atoms with Crippen molar-refractivity contribution in [2.24, 2.45) is 0 Å². The fraction of sp³-hybridized carbons (Fsp3) is 0.600. The van der Waals surface area contributed by atoms with Crippen molar-refractivity contribution in [3.8, 4) is 0 Å². The lowest BCUT2D eigenvalue weighted by Crippen LogP contribution is -2.23. The largest absolute Gasteiger partial charge is 0.387 e. The number of aliphatic hydroxyl groups excluding tert-OH is 1. The van der Waals surface area contributed by atoms with E-state index in [0.717, 1.165) is 25.1 Å². The minimum atomic E-state index is -0.434. The van der Waals surface area contributed by atoms with Gasteiger partial charge in [0.1, 0.15) is 0 Å². The van der Waals surface area contributed by atoms with Gasteiger partial charge in [0.05, 0.1) is 12.2 Å². The number of ether oxygens (including phenoxy) is 1. The first-order valence-electron chi connectivity index (χ1n) is 6.66. The van der Waals surface area contributed by atoms with Gasteiger partial charge >= 0.3 is 0 Å². The van der Waals surface area contributed by atoms with Gasteiger partial charge in [-0.25, -0.2) is 0 Å². The molecular formula is C15H25NO2. The molecule has 0 heterocycles. The van der Waals surface area contributed by atoms with Crippen LogP contribution in [0.15, 0.2) is 24.3 Å². The number of hydrogen-bond donors (Lipinski definition) is 2.